The smallest absolute Gasteiger partial charge is 0.328 e. The number of ketones is 2. The van der Waals surface area contributed by atoms with Crippen molar-refractivity contribution in [1.29, 1.82) is 0 Å². The van der Waals surface area contributed by atoms with E-state index < -0.39 is 71.5 Å². The van der Waals surface area contributed by atoms with Crippen LogP contribution in [0.3, 0.4) is 0 Å². The maximum absolute atomic E-state index is 13.5. The summed E-state index contributed by atoms with van der Waals surface area (Å²) in [5.74, 6) is -6.82. The topological polar surface area (TPSA) is 352 Å². The number of unbranched alkanes of at least 4 members (excludes halogenated alkanes) is 1. The Kier molecular flexibility index (Phi) is 22.5. The normalized spacial score (nSPS) is 14.6. The number of nitrogens with zero attached hydrogens (tertiary/aromatic N) is 2. The summed E-state index contributed by atoms with van der Waals surface area (Å²) in [4.78, 5) is 82.6. The number of guanidine groups is 2. The number of aliphatic carboxylic acids is 2. The van der Waals surface area contributed by atoms with Crippen molar-refractivity contribution >= 4 is 47.2 Å². The predicted molar refractivity (Wildman–Crippen MR) is 181 cm³/mol. The average molecular weight is 702 g/mol. The van der Waals surface area contributed by atoms with Gasteiger partial charge in [-0.3, -0.25) is 39.4 Å². The van der Waals surface area contributed by atoms with Crippen molar-refractivity contribution in [2.24, 2.45) is 38.8 Å². The van der Waals surface area contributed by atoms with Gasteiger partial charge in [0.1, 0.15) is 0 Å². The second-order valence-electron chi connectivity index (χ2n) is 11.4. The van der Waals surface area contributed by atoms with Crippen LogP contribution in [-0.2, 0) is 28.8 Å². The second-order valence-corrected chi connectivity index (χ2v) is 11.4. The van der Waals surface area contributed by atoms with Gasteiger partial charge in [-0.15, -0.1) is 0 Å². The Morgan fingerprint density at radius 2 is 1.27 bits per heavy atom. The van der Waals surface area contributed by atoms with Gasteiger partial charge in [0.05, 0.1) is 30.1 Å². The molecule has 6 atom stereocenters. The Morgan fingerprint density at radius 1 is 0.735 bits per heavy atom. The fraction of sp³-hybridized carbons (Fsp3) is 0.724. The molecule has 0 aromatic heterocycles. The van der Waals surface area contributed by atoms with Gasteiger partial charge < -0.3 is 54.2 Å². The van der Waals surface area contributed by atoms with Crippen LogP contribution in [0, 0.1) is 5.92 Å². The Balaban J connectivity index is 5.51. The number of carbonyl (C=O) groups excluding carboxylic acids is 4. The van der Waals surface area contributed by atoms with Crippen LogP contribution >= 0.6 is 0 Å². The molecule has 0 aliphatic carbocycles. The molecule has 0 bridgehead atoms. The Labute approximate surface area is 285 Å². The maximum atomic E-state index is 13.5. The molecule has 0 rings (SSSR count). The molecule has 0 aromatic carbocycles. The van der Waals surface area contributed by atoms with Crippen LogP contribution in [0.1, 0.15) is 71.6 Å². The van der Waals surface area contributed by atoms with Crippen LogP contribution in [0.25, 0.3) is 0 Å². The van der Waals surface area contributed by atoms with E-state index in [0.29, 0.717) is 32.2 Å². The van der Waals surface area contributed by atoms with Crippen molar-refractivity contribution in [2.45, 2.75) is 102 Å². The van der Waals surface area contributed by atoms with Gasteiger partial charge in [0.15, 0.2) is 18.0 Å². The van der Waals surface area contributed by atoms with Gasteiger partial charge in [0.2, 0.25) is 23.4 Å². The van der Waals surface area contributed by atoms with Crippen LogP contribution in [-0.4, -0.2) is 120 Å². The SMILES string of the molecule is CCC(CC(=O)N[C@@H](CCCN=C(N)N)C(=O)C(=O)[C@H](CCCN=C(N)N)NNCCCCC(NC)C(=O)N[C@H](C(=O)O)[C@@H](C)O)C(=O)O. The van der Waals surface area contributed by atoms with E-state index in [1.807, 2.05) is 0 Å². The first-order chi connectivity index (χ1) is 23.0. The fourth-order valence-corrected chi connectivity index (χ4v) is 4.58. The van der Waals surface area contributed by atoms with E-state index in [9.17, 15) is 44.1 Å². The first-order valence-electron chi connectivity index (χ1n) is 16.1. The average Bonchev–Trinajstić information content (AvgIpc) is 3.02. The zero-order chi connectivity index (χ0) is 37.5. The summed E-state index contributed by atoms with van der Waals surface area (Å²) in [6.45, 7) is 3.49. The minimum Gasteiger partial charge on any atom is -0.481 e. The summed E-state index contributed by atoms with van der Waals surface area (Å²) in [6, 6.07) is -4.49. The van der Waals surface area contributed by atoms with Crippen LogP contribution in [0.2, 0.25) is 0 Å². The zero-order valence-electron chi connectivity index (χ0n) is 28.4. The van der Waals surface area contributed by atoms with Gasteiger partial charge in [0, 0.05) is 26.1 Å². The number of hydrogen-bond donors (Lipinski definition) is 12. The summed E-state index contributed by atoms with van der Waals surface area (Å²) in [5, 5.41) is 35.8. The largest absolute Gasteiger partial charge is 0.481 e. The number of nitrogens with one attached hydrogen (secondary N) is 5. The third-order valence-corrected chi connectivity index (χ3v) is 7.41. The molecule has 0 aliphatic rings. The summed E-state index contributed by atoms with van der Waals surface area (Å²) in [7, 11) is 1.54. The molecule has 0 heterocycles. The first-order valence-corrected chi connectivity index (χ1v) is 16.1. The Hall–Kier alpha value is -4.40. The molecular weight excluding hydrogens is 646 g/mol. The number of carboxylic acids is 2. The molecule has 2 amide bonds. The maximum Gasteiger partial charge on any atom is 0.328 e. The highest BCUT2D eigenvalue weighted by Gasteiger charge is 2.33. The highest BCUT2D eigenvalue weighted by atomic mass is 16.4. The Morgan fingerprint density at radius 3 is 1.73 bits per heavy atom. The van der Waals surface area contributed by atoms with Gasteiger partial charge in [-0.2, -0.15) is 0 Å². The number of carboxylic acid groups (broad SMARTS) is 2. The monoisotopic (exact) mass is 701 g/mol. The molecule has 280 valence electrons. The van der Waals surface area contributed by atoms with Crippen molar-refractivity contribution in [3.8, 4) is 0 Å². The molecule has 0 saturated carbocycles. The number of likely N-dealkylation sites (N-methyl/N-ethyl adjacent to an activating group) is 1. The lowest BCUT2D eigenvalue weighted by Gasteiger charge is -2.23. The molecule has 0 aliphatic heterocycles. The van der Waals surface area contributed by atoms with Crippen molar-refractivity contribution in [3.05, 3.63) is 0 Å². The summed E-state index contributed by atoms with van der Waals surface area (Å²) >= 11 is 0. The van der Waals surface area contributed by atoms with E-state index in [1.165, 1.54) is 6.92 Å². The van der Waals surface area contributed by atoms with Gasteiger partial charge >= 0.3 is 11.9 Å². The predicted octanol–water partition coefficient (Wildman–Crippen LogP) is -3.61. The van der Waals surface area contributed by atoms with Crippen molar-refractivity contribution in [2.75, 3.05) is 26.7 Å². The molecule has 0 radical (unpaired) electrons. The van der Waals surface area contributed by atoms with Gasteiger partial charge in [0.25, 0.3) is 0 Å². The molecule has 0 spiro atoms. The Bertz CT molecular complexity index is 1140. The van der Waals surface area contributed by atoms with Crippen LogP contribution < -0.4 is 49.7 Å². The third-order valence-electron chi connectivity index (χ3n) is 7.41. The van der Waals surface area contributed by atoms with E-state index >= 15 is 0 Å². The first kappa shape index (κ1) is 44.6. The number of aliphatic hydroxyl groups excluding tert-OH is 1. The standard InChI is InChI=1S/C29H55N11O9/c1-4-17(26(46)47)15-21(42)38-18(10-7-12-35-28(30)31)23(43)24(44)19(11-8-13-36-29(32)33)40-37-14-6-5-9-20(34-3)25(45)39-22(16(2)41)27(48)49/h16-20,22,34,37,40-41H,4-15H2,1-3H3,(H,38,42)(H,39,45)(H,46,47)(H,48,49)(H4,30,31,35)(H4,32,33,36)/t16-,17?,18+,19+,20?,22+/m1/s1. The summed E-state index contributed by atoms with van der Waals surface area (Å²) in [6.07, 6.45) is 0.553. The minimum atomic E-state index is -1.46. The van der Waals surface area contributed by atoms with Crippen LogP contribution in [0.4, 0.5) is 0 Å². The summed E-state index contributed by atoms with van der Waals surface area (Å²) in [5.41, 5.74) is 27.2. The number of Topliss-reactive ketones (excluding diaryl/α,β-unsaturated/α-hetero) is 2. The highest BCUT2D eigenvalue weighted by Crippen LogP contribution is 2.11. The zero-order valence-corrected chi connectivity index (χ0v) is 28.4. The van der Waals surface area contributed by atoms with Crippen LogP contribution in [0.15, 0.2) is 9.98 Å². The van der Waals surface area contributed by atoms with Gasteiger partial charge in [-0.1, -0.05) is 13.3 Å². The van der Waals surface area contributed by atoms with Crippen molar-refractivity contribution in [3.63, 3.8) is 0 Å². The number of carbonyl (C=O) groups is 6. The van der Waals surface area contributed by atoms with Gasteiger partial charge in [-0.25, -0.2) is 10.2 Å². The molecule has 49 heavy (non-hydrogen) atoms. The second kappa shape index (κ2) is 24.7. The van der Waals surface area contributed by atoms with E-state index in [-0.39, 0.29) is 57.1 Å². The lowest BCUT2D eigenvalue weighted by molar-refractivity contribution is -0.145. The van der Waals surface area contributed by atoms with Crippen molar-refractivity contribution < 1.29 is 44.1 Å². The molecule has 2 unspecified atom stereocenters. The third kappa shape index (κ3) is 19.3. The number of aliphatic imine (C=N–C) groups is 2. The lowest BCUT2D eigenvalue weighted by Crippen LogP contribution is -2.53. The molecule has 0 saturated heterocycles. The molecule has 20 nitrogen and oxygen atoms in total. The number of hydrogen-bond acceptors (Lipinski definition) is 12. The molecule has 16 N–H and O–H groups in total. The number of aliphatic hydroxyl groups is 1. The molecule has 0 fully saturated rings. The number of nitrogens with two attached hydrogens (primary N) is 4. The van der Waals surface area contributed by atoms with Crippen molar-refractivity contribution in [1.82, 2.24) is 26.8 Å². The van der Waals surface area contributed by atoms with Gasteiger partial charge in [-0.05, 0) is 58.9 Å². The highest BCUT2D eigenvalue weighted by molar-refractivity contribution is 6.41. The van der Waals surface area contributed by atoms with Crippen LogP contribution in [0.5, 0.6) is 0 Å². The van der Waals surface area contributed by atoms with E-state index in [1.54, 1.807) is 14.0 Å². The summed E-state index contributed by atoms with van der Waals surface area (Å²) < 4.78 is 0. The fourth-order valence-electron chi connectivity index (χ4n) is 4.58. The van der Waals surface area contributed by atoms with E-state index in [2.05, 4.69) is 36.8 Å². The number of rotatable bonds is 28. The minimum absolute atomic E-state index is 0.00966. The quantitative estimate of drug-likeness (QED) is 0.0123. The molecular formula is C29H55N11O9. The van der Waals surface area contributed by atoms with E-state index in [4.69, 9.17) is 22.9 Å². The lowest BCUT2D eigenvalue weighted by atomic mass is 9.96. The number of amides is 2. The number of hydrazine groups is 1. The molecule has 20 heteroatoms. The molecule has 0 aromatic rings. The van der Waals surface area contributed by atoms with E-state index in [0.717, 1.165) is 0 Å².